The van der Waals surface area contributed by atoms with Gasteiger partial charge in [-0.15, -0.1) is 0 Å². The van der Waals surface area contributed by atoms with Crippen LogP contribution in [0, 0.1) is 17.8 Å². The molecular formula is C12H22N2. The second-order valence-electron chi connectivity index (χ2n) is 5.84. The topological polar surface area (TPSA) is 29.3 Å². The first-order valence-corrected chi connectivity index (χ1v) is 6.17. The minimum absolute atomic E-state index is 0.280. The van der Waals surface area contributed by atoms with Gasteiger partial charge in [-0.25, -0.2) is 0 Å². The van der Waals surface area contributed by atoms with E-state index >= 15 is 0 Å². The normalized spacial score (nSPS) is 45.4. The van der Waals surface area contributed by atoms with E-state index in [2.05, 4.69) is 11.9 Å². The van der Waals surface area contributed by atoms with Crippen molar-refractivity contribution in [2.45, 2.75) is 37.6 Å². The van der Waals surface area contributed by atoms with E-state index in [0.29, 0.717) is 0 Å². The monoisotopic (exact) mass is 194 g/mol. The van der Waals surface area contributed by atoms with Gasteiger partial charge >= 0.3 is 0 Å². The molecule has 0 aromatic heterocycles. The fourth-order valence-electron chi connectivity index (χ4n) is 3.44. The van der Waals surface area contributed by atoms with Gasteiger partial charge in [0.25, 0.3) is 0 Å². The predicted octanol–water partition coefficient (Wildman–Crippen LogP) is 1.46. The van der Waals surface area contributed by atoms with Gasteiger partial charge in [0.15, 0.2) is 0 Å². The SMILES string of the molecule is CN1CCC(C2(N)CC2C2CC2)CC1. The zero-order valence-electron chi connectivity index (χ0n) is 9.21. The van der Waals surface area contributed by atoms with E-state index < -0.39 is 0 Å². The van der Waals surface area contributed by atoms with Gasteiger partial charge in [-0.05, 0) is 70.0 Å². The molecule has 2 heteroatoms. The van der Waals surface area contributed by atoms with Crippen molar-refractivity contribution in [2.24, 2.45) is 23.5 Å². The molecule has 0 aromatic carbocycles. The van der Waals surface area contributed by atoms with Crippen LogP contribution in [0.2, 0.25) is 0 Å². The summed E-state index contributed by atoms with van der Waals surface area (Å²) in [4.78, 5) is 2.44. The Hall–Kier alpha value is -0.0800. The fraction of sp³-hybridized carbons (Fsp3) is 1.00. The summed E-state index contributed by atoms with van der Waals surface area (Å²) in [5.74, 6) is 2.78. The third-order valence-electron chi connectivity index (χ3n) is 4.77. The highest BCUT2D eigenvalue weighted by molar-refractivity contribution is 5.16. The van der Waals surface area contributed by atoms with Gasteiger partial charge in [0.2, 0.25) is 0 Å². The first-order chi connectivity index (χ1) is 6.70. The van der Waals surface area contributed by atoms with Crippen molar-refractivity contribution < 1.29 is 0 Å². The fourth-order valence-corrected chi connectivity index (χ4v) is 3.44. The van der Waals surface area contributed by atoms with Crippen molar-refractivity contribution in [1.82, 2.24) is 4.90 Å². The summed E-state index contributed by atoms with van der Waals surface area (Å²) in [6.45, 7) is 2.53. The van der Waals surface area contributed by atoms with Crippen LogP contribution >= 0.6 is 0 Å². The Bertz CT molecular complexity index is 228. The molecule has 14 heavy (non-hydrogen) atoms. The maximum atomic E-state index is 6.53. The number of piperidine rings is 1. The number of hydrogen-bond acceptors (Lipinski definition) is 2. The van der Waals surface area contributed by atoms with Crippen LogP contribution in [0.15, 0.2) is 0 Å². The smallest absolute Gasteiger partial charge is 0.0219 e. The molecule has 80 valence electrons. The maximum absolute atomic E-state index is 6.53. The highest BCUT2D eigenvalue weighted by Gasteiger charge is 2.60. The number of likely N-dealkylation sites (tertiary alicyclic amines) is 1. The number of rotatable bonds is 2. The van der Waals surface area contributed by atoms with Crippen molar-refractivity contribution in [1.29, 1.82) is 0 Å². The average molecular weight is 194 g/mol. The number of nitrogens with two attached hydrogens (primary N) is 1. The van der Waals surface area contributed by atoms with Crippen LogP contribution < -0.4 is 5.73 Å². The molecule has 1 aliphatic heterocycles. The molecule has 0 radical (unpaired) electrons. The molecule has 3 fully saturated rings. The lowest BCUT2D eigenvalue weighted by atomic mass is 9.86. The van der Waals surface area contributed by atoms with Crippen molar-refractivity contribution in [2.75, 3.05) is 20.1 Å². The Kier molecular flexibility index (Phi) is 1.94. The first-order valence-electron chi connectivity index (χ1n) is 6.17. The summed E-state index contributed by atoms with van der Waals surface area (Å²) in [5.41, 5.74) is 6.81. The third-order valence-corrected chi connectivity index (χ3v) is 4.77. The Morgan fingerprint density at radius 3 is 2.36 bits per heavy atom. The molecule has 2 saturated carbocycles. The van der Waals surface area contributed by atoms with Crippen LogP contribution in [0.4, 0.5) is 0 Å². The Morgan fingerprint density at radius 2 is 1.79 bits per heavy atom. The molecule has 2 aliphatic carbocycles. The molecule has 0 aromatic rings. The molecule has 0 amide bonds. The molecule has 0 spiro atoms. The minimum atomic E-state index is 0.280. The maximum Gasteiger partial charge on any atom is 0.0219 e. The van der Waals surface area contributed by atoms with E-state index in [1.54, 1.807) is 0 Å². The lowest BCUT2D eigenvalue weighted by Gasteiger charge is -2.33. The Morgan fingerprint density at radius 1 is 1.14 bits per heavy atom. The summed E-state index contributed by atoms with van der Waals surface area (Å²) in [6.07, 6.45) is 6.96. The van der Waals surface area contributed by atoms with E-state index in [4.69, 9.17) is 5.73 Å². The molecule has 2 N–H and O–H groups in total. The zero-order valence-corrected chi connectivity index (χ0v) is 9.21. The first kappa shape index (κ1) is 9.17. The van der Waals surface area contributed by atoms with Gasteiger partial charge in [0.1, 0.15) is 0 Å². The number of nitrogens with zero attached hydrogens (tertiary/aromatic N) is 1. The van der Waals surface area contributed by atoms with Gasteiger partial charge in [0, 0.05) is 5.54 Å². The zero-order chi connectivity index (χ0) is 9.76. The lowest BCUT2D eigenvalue weighted by molar-refractivity contribution is 0.183. The molecule has 1 saturated heterocycles. The quantitative estimate of drug-likeness (QED) is 0.721. The van der Waals surface area contributed by atoms with Crippen LogP contribution in [-0.4, -0.2) is 30.6 Å². The summed E-state index contributed by atoms with van der Waals surface area (Å²) in [6, 6.07) is 0. The second-order valence-corrected chi connectivity index (χ2v) is 5.84. The van der Waals surface area contributed by atoms with Crippen molar-refractivity contribution >= 4 is 0 Å². The van der Waals surface area contributed by atoms with Crippen molar-refractivity contribution in [3.05, 3.63) is 0 Å². The van der Waals surface area contributed by atoms with Gasteiger partial charge in [-0.1, -0.05) is 0 Å². The van der Waals surface area contributed by atoms with Crippen LogP contribution in [-0.2, 0) is 0 Å². The Labute approximate surface area is 86.8 Å². The predicted molar refractivity (Wildman–Crippen MR) is 58.0 cm³/mol. The average Bonchev–Trinajstić information content (AvgIpc) is 3.00. The van der Waals surface area contributed by atoms with Crippen LogP contribution in [0.5, 0.6) is 0 Å². The third kappa shape index (κ3) is 1.40. The standard InChI is InChI=1S/C12H22N2/c1-14-6-4-10(5-7-14)12(13)8-11(12)9-2-3-9/h9-11H,2-8,13H2,1H3. The van der Waals surface area contributed by atoms with E-state index in [9.17, 15) is 0 Å². The lowest BCUT2D eigenvalue weighted by Crippen LogP contribution is -2.42. The molecule has 1 heterocycles. The van der Waals surface area contributed by atoms with E-state index in [1.165, 1.54) is 45.2 Å². The molecule has 2 nitrogen and oxygen atoms in total. The van der Waals surface area contributed by atoms with Gasteiger partial charge in [-0.2, -0.15) is 0 Å². The van der Waals surface area contributed by atoms with Crippen molar-refractivity contribution in [3.63, 3.8) is 0 Å². The summed E-state index contributed by atoms with van der Waals surface area (Å²) in [7, 11) is 2.23. The highest BCUT2D eigenvalue weighted by Crippen LogP contribution is 2.60. The van der Waals surface area contributed by atoms with E-state index in [-0.39, 0.29) is 5.54 Å². The largest absolute Gasteiger partial charge is 0.325 e. The summed E-state index contributed by atoms with van der Waals surface area (Å²) < 4.78 is 0. The van der Waals surface area contributed by atoms with Gasteiger partial charge < -0.3 is 10.6 Å². The molecule has 0 bridgehead atoms. The summed E-state index contributed by atoms with van der Waals surface area (Å²) >= 11 is 0. The molecule has 2 atom stereocenters. The van der Waals surface area contributed by atoms with E-state index in [1.807, 2.05) is 0 Å². The molecule has 3 aliphatic rings. The highest BCUT2D eigenvalue weighted by atomic mass is 15.1. The van der Waals surface area contributed by atoms with Gasteiger partial charge in [-0.3, -0.25) is 0 Å². The van der Waals surface area contributed by atoms with E-state index in [0.717, 1.165) is 17.8 Å². The summed E-state index contributed by atoms with van der Waals surface area (Å²) in [5, 5.41) is 0. The molecule has 2 unspecified atom stereocenters. The number of hydrogen-bond donors (Lipinski definition) is 1. The minimum Gasteiger partial charge on any atom is -0.325 e. The molecule has 3 rings (SSSR count). The Balaban J connectivity index is 1.60. The van der Waals surface area contributed by atoms with Crippen LogP contribution in [0.3, 0.4) is 0 Å². The van der Waals surface area contributed by atoms with Crippen LogP contribution in [0.25, 0.3) is 0 Å². The molecular weight excluding hydrogens is 172 g/mol. The second kappa shape index (κ2) is 2.96. The van der Waals surface area contributed by atoms with Gasteiger partial charge in [0.05, 0.1) is 0 Å². The van der Waals surface area contributed by atoms with Crippen molar-refractivity contribution in [3.8, 4) is 0 Å². The van der Waals surface area contributed by atoms with Crippen LogP contribution in [0.1, 0.15) is 32.1 Å².